The lowest BCUT2D eigenvalue weighted by Crippen LogP contribution is -2.67. The minimum absolute atomic E-state index is 0.0429. The Balaban J connectivity index is 2.63. The molecule has 6 nitrogen and oxygen atoms in total. The van der Waals surface area contributed by atoms with E-state index in [-0.39, 0.29) is 18.4 Å². The van der Waals surface area contributed by atoms with Crippen LogP contribution in [0.2, 0.25) is 0 Å². The molecule has 1 saturated heterocycles. The van der Waals surface area contributed by atoms with E-state index in [2.05, 4.69) is 5.32 Å². The van der Waals surface area contributed by atoms with Crippen molar-refractivity contribution in [2.24, 2.45) is 0 Å². The van der Waals surface area contributed by atoms with Crippen LogP contribution in [0.5, 0.6) is 0 Å². The van der Waals surface area contributed by atoms with E-state index < -0.39 is 5.54 Å². The van der Waals surface area contributed by atoms with E-state index in [0.29, 0.717) is 39.2 Å². The van der Waals surface area contributed by atoms with Crippen LogP contribution in [0, 0.1) is 0 Å². The molecule has 1 rings (SSSR count). The van der Waals surface area contributed by atoms with Crippen molar-refractivity contribution in [3.63, 3.8) is 0 Å². The van der Waals surface area contributed by atoms with E-state index in [4.69, 9.17) is 9.47 Å². The van der Waals surface area contributed by atoms with Gasteiger partial charge in [-0.25, -0.2) is 0 Å². The molecule has 0 aromatic carbocycles. The molecular formula is C13H24N2O4. The van der Waals surface area contributed by atoms with Gasteiger partial charge in [0, 0.05) is 13.7 Å². The predicted octanol–water partition coefficient (Wildman–Crippen LogP) is 0.167. The van der Waals surface area contributed by atoms with Crippen molar-refractivity contribution in [2.45, 2.75) is 32.2 Å². The average Bonchev–Trinajstić information content (AvgIpc) is 2.43. The first kappa shape index (κ1) is 15.9. The molecule has 0 aromatic heterocycles. The third-order valence-corrected chi connectivity index (χ3v) is 3.70. The number of methoxy groups -OCH3 is 1. The minimum atomic E-state index is -0.722. The Morgan fingerprint density at radius 3 is 2.47 bits per heavy atom. The van der Waals surface area contributed by atoms with E-state index in [1.807, 2.05) is 13.8 Å². The summed E-state index contributed by atoms with van der Waals surface area (Å²) < 4.78 is 10.3. The molecule has 1 N–H and O–H groups in total. The lowest BCUT2D eigenvalue weighted by Gasteiger charge is -2.45. The molecule has 0 aliphatic carbocycles. The van der Waals surface area contributed by atoms with Gasteiger partial charge in [-0.1, -0.05) is 13.8 Å². The van der Waals surface area contributed by atoms with Crippen molar-refractivity contribution in [2.75, 3.05) is 40.0 Å². The summed E-state index contributed by atoms with van der Waals surface area (Å²) in [5.74, 6) is -0.104. The lowest BCUT2D eigenvalue weighted by molar-refractivity contribution is -0.155. The number of carbonyl (C=O) groups is 2. The van der Waals surface area contributed by atoms with Gasteiger partial charge in [-0.05, 0) is 12.8 Å². The number of amides is 2. The molecule has 19 heavy (non-hydrogen) atoms. The second-order valence-corrected chi connectivity index (χ2v) is 4.57. The monoisotopic (exact) mass is 272 g/mol. The second-order valence-electron chi connectivity index (χ2n) is 4.57. The highest BCUT2D eigenvalue weighted by Gasteiger charge is 2.46. The van der Waals surface area contributed by atoms with Crippen LogP contribution in [0.25, 0.3) is 0 Å². The zero-order valence-electron chi connectivity index (χ0n) is 12.0. The van der Waals surface area contributed by atoms with Crippen LogP contribution in [0.15, 0.2) is 0 Å². The molecule has 0 aromatic rings. The molecule has 1 aliphatic rings. The second kappa shape index (κ2) is 7.45. The van der Waals surface area contributed by atoms with Gasteiger partial charge in [0.2, 0.25) is 11.8 Å². The maximum absolute atomic E-state index is 12.1. The topological polar surface area (TPSA) is 67.9 Å². The van der Waals surface area contributed by atoms with Gasteiger partial charge in [-0.15, -0.1) is 0 Å². The zero-order chi connectivity index (χ0) is 14.3. The highest BCUT2D eigenvalue weighted by molar-refractivity contribution is 5.97. The van der Waals surface area contributed by atoms with Gasteiger partial charge in [0.15, 0.2) is 0 Å². The van der Waals surface area contributed by atoms with E-state index in [1.165, 1.54) is 0 Å². The number of carbonyl (C=O) groups excluding carboxylic acids is 2. The molecule has 6 heteroatoms. The van der Waals surface area contributed by atoms with Crippen molar-refractivity contribution in [1.82, 2.24) is 10.2 Å². The molecule has 1 heterocycles. The summed E-state index contributed by atoms with van der Waals surface area (Å²) in [6.07, 6.45) is 1.22. The fraction of sp³-hybridized carbons (Fsp3) is 0.846. The largest absolute Gasteiger partial charge is 0.382 e. The molecule has 0 atom stereocenters. The van der Waals surface area contributed by atoms with Crippen molar-refractivity contribution in [3.8, 4) is 0 Å². The molecule has 2 amide bonds. The van der Waals surface area contributed by atoms with E-state index in [1.54, 1.807) is 12.0 Å². The van der Waals surface area contributed by atoms with Crippen LogP contribution in [0.4, 0.5) is 0 Å². The summed E-state index contributed by atoms with van der Waals surface area (Å²) >= 11 is 0. The molecular weight excluding hydrogens is 248 g/mol. The number of hydrogen-bond donors (Lipinski definition) is 1. The average molecular weight is 272 g/mol. The summed E-state index contributed by atoms with van der Waals surface area (Å²) in [7, 11) is 1.61. The Hall–Kier alpha value is -1.14. The third-order valence-electron chi connectivity index (χ3n) is 3.70. The number of ether oxygens (including phenoxy) is 2. The first-order valence-electron chi connectivity index (χ1n) is 6.77. The zero-order valence-corrected chi connectivity index (χ0v) is 12.0. The summed E-state index contributed by atoms with van der Waals surface area (Å²) in [4.78, 5) is 25.8. The molecule has 0 bridgehead atoms. The predicted molar refractivity (Wildman–Crippen MR) is 70.7 cm³/mol. The highest BCUT2D eigenvalue weighted by Crippen LogP contribution is 2.26. The fourth-order valence-corrected chi connectivity index (χ4v) is 2.47. The number of rotatable bonds is 8. The number of hydrogen-bond acceptors (Lipinski definition) is 4. The normalized spacial score (nSPS) is 18.6. The highest BCUT2D eigenvalue weighted by atomic mass is 16.5. The molecule has 0 unspecified atom stereocenters. The smallest absolute Gasteiger partial charge is 0.246 e. The molecule has 0 saturated carbocycles. The van der Waals surface area contributed by atoms with Crippen LogP contribution < -0.4 is 5.32 Å². The fourth-order valence-electron chi connectivity index (χ4n) is 2.47. The third kappa shape index (κ3) is 3.45. The summed E-state index contributed by atoms with van der Waals surface area (Å²) in [5, 5.41) is 2.67. The Morgan fingerprint density at radius 1 is 1.21 bits per heavy atom. The van der Waals surface area contributed by atoms with Gasteiger partial charge in [0.25, 0.3) is 0 Å². The van der Waals surface area contributed by atoms with Crippen molar-refractivity contribution >= 4 is 11.8 Å². The maximum Gasteiger partial charge on any atom is 0.246 e. The van der Waals surface area contributed by atoms with Gasteiger partial charge < -0.3 is 19.7 Å². The van der Waals surface area contributed by atoms with E-state index >= 15 is 0 Å². The van der Waals surface area contributed by atoms with Crippen LogP contribution in [0.3, 0.4) is 0 Å². The molecule has 110 valence electrons. The van der Waals surface area contributed by atoms with Gasteiger partial charge in [-0.2, -0.15) is 0 Å². The quantitative estimate of drug-likeness (QED) is 0.639. The Morgan fingerprint density at radius 2 is 1.89 bits per heavy atom. The van der Waals surface area contributed by atoms with Crippen LogP contribution in [-0.4, -0.2) is 62.3 Å². The van der Waals surface area contributed by atoms with Crippen LogP contribution >= 0.6 is 0 Å². The number of nitrogens with zero attached hydrogens (tertiary/aromatic N) is 1. The first-order chi connectivity index (χ1) is 9.12. The lowest BCUT2D eigenvalue weighted by atomic mass is 9.87. The summed E-state index contributed by atoms with van der Waals surface area (Å²) in [5.41, 5.74) is -0.722. The van der Waals surface area contributed by atoms with Crippen LogP contribution in [0.1, 0.15) is 26.7 Å². The van der Waals surface area contributed by atoms with Gasteiger partial charge in [0.1, 0.15) is 5.54 Å². The van der Waals surface area contributed by atoms with Crippen molar-refractivity contribution in [1.29, 1.82) is 0 Å². The number of nitrogens with one attached hydrogen (secondary N) is 1. The maximum atomic E-state index is 12.1. The Bertz CT molecular complexity index is 316. The Labute approximate surface area is 114 Å². The SMILES string of the molecule is CCC1(CC)C(=O)NCC(=O)N1CCOCCOC. The molecule has 0 radical (unpaired) electrons. The van der Waals surface area contributed by atoms with Crippen LogP contribution in [-0.2, 0) is 19.1 Å². The van der Waals surface area contributed by atoms with Crippen molar-refractivity contribution < 1.29 is 19.1 Å². The van der Waals surface area contributed by atoms with E-state index in [9.17, 15) is 9.59 Å². The molecule has 1 aliphatic heterocycles. The number of piperazine rings is 1. The van der Waals surface area contributed by atoms with Gasteiger partial charge in [-0.3, -0.25) is 9.59 Å². The summed E-state index contributed by atoms with van der Waals surface area (Å²) in [6, 6.07) is 0. The minimum Gasteiger partial charge on any atom is -0.382 e. The standard InChI is InChI=1S/C13H24N2O4/c1-4-13(5-2)12(17)14-10-11(16)15(13)6-7-19-9-8-18-3/h4-10H2,1-3H3,(H,14,17). The molecule has 0 spiro atoms. The Kier molecular flexibility index (Phi) is 6.24. The summed E-state index contributed by atoms with van der Waals surface area (Å²) in [6.45, 7) is 5.83. The van der Waals surface area contributed by atoms with E-state index in [0.717, 1.165) is 0 Å². The van der Waals surface area contributed by atoms with Gasteiger partial charge in [0.05, 0.1) is 26.4 Å². The molecule has 1 fully saturated rings. The van der Waals surface area contributed by atoms with Crippen molar-refractivity contribution in [3.05, 3.63) is 0 Å². The first-order valence-corrected chi connectivity index (χ1v) is 6.77. The van der Waals surface area contributed by atoms with Gasteiger partial charge >= 0.3 is 0 Å².